The molecule has 1 aromatic heterocycles. The van der Waals surface area contributed by atoms with E-state index in [2.05, 4.69) is 31.4 Å². The number of carbonyl (C=O) groups is 1. The molecule has 0 aliphatic rings. The van der Waals surface area contributed by atoms with E-state index in [0.717, 1.165) is 10.0 Å². The van der Waals surface area contributed by atoms with Crippen LogP contribution < -0.4 is 5.32 Å². The lowest BCUT2D eigenvalue weighted by Gasteiger charge is -2.02. The molecule has 22 heavy (non-hydrogen) atoms. The molecule has 1 heterocycles. The summed E-state index contributed by atoms with van der Waals surface area (Å²) < 4.78 is 6.33. The van der Waals surface area contributed by atoms with Crippen molar-refractivity contribution in [1.29, 1.82) is 0 Å². The zero-order valence-electron chi connectivity index (χ0n) is 11.1. The number of aromatic nitrogens is 2. The Kier molecular flexibility index (Phi) is 4.22. The Morgan fingerprint density at radius 2 is 1.95 bits per heavy atom. The van der Waals surface area contributed by atoms with Gasteiger partial charge in [0.1, 0.15) is 0 Å². The number of nitrogens with zero attached hydrogens (tertiary/aromatic N) is 2. The van der Waals surface area contributed by atoms with Gasteiger partial charge in [0.15, 0.2) is 0 Å². The zero-order chi connectivity index (χ0) is 15.5. The first-order valence-electron chi connectivity index (χ1n) is 6.29. The third-order valence-corrected chi connectivity index (χ3v) is 3.66. The van der Waals surface area contributed by atoms with Crippen molar-refractivity contribution in [2.45, 2.75) is 0 Å². The molecule has 0 bridgehead atoms. The fraction of sp³-hybridized carbons (Fsp3) is 0. The van der Waals surface area contributed by atoms with Crippen LogP contribution in [0.1, 0.15) is 10.4 Å². The Labute approximate surface area is 139 Å². The maximum atomic E-state index is 12.1. The van der Waals surface area contributed by atoms with Gasteiger partial charge in [-0.1, -0.05) is 50.8 Å². The molecular formula is C15H9BrClN3O2. The lowest BCUT2D eigenvalue weighted by molar-refractivity contribution is 0.102. The second-order valence-electron chi connectivity index (χ2n) is 4.36. The zero-order valence-corrected chi connectivity index (χ0v) is 13.4. The van der Waals surface area contributed by atoms with E-state index in [1.165, 1.54) is 0 Å². The van der Waals surface area contributed by atoms with Gasteiger partial charge in [0, 0.05) is 10.0 Å². The molecule has 0 unspecified atom stereocenters. The molecule has 0 aliphatic carbocycles. The summed E-state index contributed by atoms with van der Waals surface area (Å²) >= 11 is 9.34. The second-order valence-corrected chi connectivity index (χ2v) is 5.68. The summed E-state index contributed by atoms with van der Waals surface area (Å²) in [6.45, 7) is 0. The lowest BCUT2D eigenvalue weighted by atomic mass is 10.2. The second kappa shape index (κ2) is 6.29. The molecule has 0 saturated carbocycles. The molecule has 0 aliphatic heterocycles. The predicted molar refractivity (Wildman–Crippen MR) is 86.8 cm³/mol. The Morgan fingerprint density at radius 1 is 1.14 bits per heavy atom. The minimum Gasteiger partial charge on any atom is -0.403 e. The molecular weight excluding hydrogens is 370 g/mol. The highest BCUT2D eigenvalue weighted by atomic mass is 79.9. The number of anilines is 1. The van der Waals surface area contributed by atoms with Gasteiger partial charge in [-0.05, 0) is 30.3 Å². The highest BCUT2D eigenvalue weighted by Crippen LogP contribution is 2.23. The monoisotopic (exact) mass is 377 g/mol. The summed E-state index contributed by atoms with van der Waals surface area (Å²) in [6.07, 6.45) is 0. The summed E-state index contributed by atoms with van der Waals surface area (Å²) in [5.74, 6) is -0.0919. The molecule has 0 radical (unpaired) electrons. The van der Waals surface area contributed by atoms with Gasteiger partial charge < -0.3 is 4.42 Å². The molecule has 3 aromatic rings. The average molecular weight is 379 g/mol. The van der Waals surface area contributed by atoms with Crippen LogP contribution in [0.4, 0.5) is 6.01 Å². The van der Waals surface area contributed by atoms with Crippen molar-refractivity contribution in [3.63, 3.8) is 0 Å². The summed E-state index contributed by atoms with van der Waals surface area (Å²) in [5.41, 5.74) is 1.09. The topological polar surface area (TPSA) is 68.0 Å². The van der Waals surface area contributed by atoms with Gasteiger partial charge in [-0.3, -0.25) is 10.1 Å². The molecule has 3 rings (SSSR count). The van der Waals surface area contributed by atoms with Gasteiger partial charge in [-0.2, -0.15) is 0 Å². The fourth-order valence-corrected chi connectivity index (χ4v) is 2.44. The van der Waals surface area contributed by atoms with Crippen LogP contribution in [-0.2, 0) is 0 Å². The van der Waals surface area contributed by atoms with E-state index in [1.807, 2.05) is 24.3 Å². The van der Waals surface area contributed by atoms with Crippen LogP contribution in [0.25, 0.3) is 11.5 Å². The summed E-state index contributed by atoms with van der Waals surface area (Å²) in [4.78, 5) is 12.1. The predicted octanol–water partition coefficient (Wildman–Crippen LogP) is 4.40. The van der Waals surface area contributed by atoms with Crippen LogP contribution >= 0.6 is 27.5 Å². The third-order valence-electron chi connectivity index (χ3n) is 2.84. The van der Waals surface area contributed by atoms with E-state index in [9.17, 15) is 4.79 Å². The lowest BCUT2D eigenvalue weighted by Crippen LogP contribution is -2.12. The first-order valence-corrected chi connectivity index (χ1v) is 7.46. The van der Waals surface area contributed by atoms with E-state index in [0.29, 0.717) is 16.5 Å². The number of rotatable bonds is 3. The van der Waals surface area contributed by atoms with Gasteiger partial charge in [0.2, 0.25) is 5.89 Å². The van der Waals surface area contributed by atoms with Crippen molar-refractivity contribution >= 4 is 39.5 Å². The summed E-state index contributed by atoms with van der Waals surface area (Å²) in [6, 6.07) is 14.1. The van der Waals surface area contributed by atoms with Crippen molar-refractivity contribution in [2.75, 3.05) is 5.32 Å². The highest BCUT2D eigenvalue weighted by Gasteiger charge is 2.14. The minimum absolute atomic E-state index is 0.0138. The summed E-state index contributed by atoms with van der Waals surface area (Å²) in [5, 5.41) is 10.6. The molecule has 5 nitrogen and oxygen atoms in total. The SMILES string of the molecule is O=C(Nc1nnc(-c2cccc(Br)c2)o1)c1ccccc1Cl. The van der Waals surface area contributed by atoms with Crippen molar-refractivity contribution in [3.05, 3.63) is 63.6 Å². The minimum atomic E-state index is -0.407. The van der Waals surface area contributed by atoms with Crippen LogP contribution in [0.15, 0.2) is 57.4 Å². The molecule has 7 heteroatoms. The van der Waals surface area contributed by atoms with Gasteiger partial charge >= 0.3 is 6.01 Å². The maximum absolute atomic E-state index is 12.1. The smallest absolute Gasteiger partial charge is 0.322 e. The number of hydrogen-bond acceptors (Lipinski definition) is 4. The van der Waals surface area contributed by atoms with E-state index in [4.69, 9.17) is 16.0 Å². The quantitative estimate of drug-likeness (QED) is 0.733. The normalized spacial score (nSPS) is 10.5. The van der Waals surface area contributed by atoms with Crippen LogP contribution in [0.5, 0.6) is 0 Å². The average Bonchev–Trinajstić information content (AvgIpc) is 2.96. The molecule has 0 spiro atoms. The molecule has 110 valence electrons. The van der Waals surface area contributed by atoms with Crippen LogP contribution in [0.3, 0.4) is 0 Å². The molecule has 2 aromatic carbocycles. The molecule has 0 saturated heterocycles. The van der Waals surface area contributed by atoms with Crippen LogP contribution in [0.2, 0.25) is 5.02 Å². The number of halogens is 2. The number of hydrogen-bond donors (Lipinski definition) is 1. The molecule has 1 N–H and O–H groups in total. The van der Waals surface area contributed by atoms with Crippen molar-refractivity contribution in [3.8, 4) is 11.5 Å². The first kappa shape index (κ1) is 14.7. The van der Waals surface area contributed by atoms with Crippen molar-refractivity contribution in [2.24, 2.45) is 0 Å². The Balaban J connectivity index is 1.80. The van der Waals surface area contributed by atoms with Crippen LogP contribution in [-0.4, -0.2) is 16.1 Å². The maximum Gasteiger partial charge on any atom is 0.322 e. The molecule has 1 amide bonds. The number of carbonyl (C=O) groups excluding carboxylic acids is 1. The van der Waals surface area contributed by atoms with Gasteiger partial charge in [0.25, 0.3) is 5.91 Å². The number of amides is 1. The van der Waals surface area contributed by atoms with Gasteiger partial charge in [-0.25, -0.2) is 0 Å². The van der Waals surface area contributed by atoms with E-state index >= 15 is 0 Å². The van der Waals surface area contributed by atoms with Gasteiger partial charge in [-0.15, -0.1) is 5.10 Å². The Morgan fingerprint density at radius 3 is 2.73 bits per heavy atom. The number of benzene rings is 2. The van der Waals surface area contributed by atoms with Crippen LogP contribution in [0, 0.1) is 0 Å². The third kappa shape index (κ3) is 3.18. The highest BCUT2D eigenvalue weighted by molar-refractivity contribution is 9.10. The van der Waals surface area contributed by atoms with Crippen molar-refractivity contribution in [1.82, 2.24) is 10.2 Å². The van der Waals surface area contributed by atoms with Crippen molar-refractivity contribution < 1.29 is 9.21 Å². The first-order chi connectivity index (χ1) is 10.6. The number of nitrogens with one attached hydrogen (secondary N) is 1. The molecule has 0 fully saturated rings. The summed E-state index contributed by atoms with van der Waals surface area (Å²) in [7, 11) is 0. The fourth-order valence-electron chi connectivity index (χ4n) is 1.82. The van der Waals surface area contributed by atoms with E-state index in [1.54, 1.807) is 24.3 Å². The molecule has 0 atom stereocenters. The van der Waals surface area contributed by atoms with E-state index in [-0.39, 0.29) is 6.01 Å². The standard InChI is InChI=1S/C15H9BrClN3O2/c16-10-5-3-4-9(8-10)14-19-20-15(22-14)18-13(21)11-6-1-2-7-12(11)17/h1-8H,(H,18,20,21). The Hall–Kier alpha value is -2.18. The van der Waals surface area contributed by atoms with E-state index < -0.39 is 5.91 Å². The van der Waals surface area contributed by atoms with Gasteiger partial charge in [0.05, 0.1) is 10.6 Å². The Bertz CT molecular complexity index is 835. The largest absolute Gasteiger partial charge is 0.403 e.